The molecule has 0 unspecified atom stereocenters. The molecule has 0 atom stereocenters. The molecule has 0 aliphatic heterocycles. The molecule has 0 radical (unpaired) electrons. The van der Waals surface area contributed by atoms with Crippen molar-refractivity contribution in [2.24, 2.45) is 0 Å². The first-order valence-electron chi connectivity index (χ1n) is 21.4. The summed E-state index contributed by atoms with van der Waals surface area (Å²) in [5, 5.41) is 0. The predicted octanol–water partition coefficient (Wildman–Crippen LogP) is 14.9. The maximum Gasteiger partial charge on any atom is 0.0725 e. The van der Waals surface area contributed by atoms with Crippen LogP contribution in [0.5, 0.6) is 0 Å². The minimum atomic E-state index is -0.531. The van der Waals surface area contributed by atoms with Crippen LogP contribution in [0.15, 0.2) is 212 Å². The highest BCUT2D eigenvalue weighted by Crippen LogP contribution is 2.64. The zero-order valence-corrected chi connectivity index (χ0v) is 33.5. The van der Waals surface area contributed by atoms with E-state index in [4.69, 9.17) is 0 Å². The quantitative estimate of drug-likeness (QED) is 0.173. The molecule has 0 saturated carbocycles. The first-order chi connectivity index (χ1) is 30.3. The Balaban J connectivity index is 1.15. The molecule has 1 heteroatoms. The highest BCUT2D eigenvalue weighted by molar-refractivity contribution is 6.04. The molecule has 13 rings (SSSR count). The molecule has 0 fully saturated rings. The van der Waals surface area contributed by atoms with Gasteiger partial charge in [0.2, 0.25) is 0 Å². The minimum absolute atomic E-state index is 0.531. The Morgan fingerprint density at radius 3 is 0.951 bits per heavy atom. The van der Waals surface area contributed by atoms with Crippen LogP contribution in [0.25, 0.3) is 46.6 Å². The molecular weight excluding hydrogens is 735 g/mol. The van der Waals surface area contributed by atoms with E-state index in [-0.39, 0.29) is 0 Å². The van der Waals surface area contributed by atoms with Gasteiger partial charge in [0.1, 0.15) is 0 Å². The lowest BCUT2D eigenvalue weighted by Crippen LogP contribution is -2.30. The van der Waals surface area contributed by atoms with Crippen molar-refractivity contribution in [1.29, 1.82) is 0 Å². The Kier molecular flexibility index (Phi) is 7.21. The molecule has 0 amide bonds. The smallest absolute Gasteiger partial charge is 0.0725 e. The summed E-state index contributed by atoms with van der Waals surface area (Å²) in [6, 6.07) is 79.5. The second-order valence-electron chi connectivity index (χ2n) is 16.7. The van der Waals surface area contributed by atoms with Gasteiger partial charge in [-0.3, -0.25) is 0 Å². The summed E-state index contributed by atoms with van der Waals surface area (Å²) in [4.78, 5) is 2.56. The molecule has 4 aliphatic rings. The van der Waals surface area contributed by atoms with Crippen LogP contribution < -0.4 is 4.90 Å². The molecule has 1 nitrogen and oxygen atoms in total. The third kappa shape index (κ3) is 4.45. The Hall–Kier alpha value is -7.74. The molecule has 61 heavy (non-hydrogen) atoms. The molecule has 2 spiro atoms. The lowest BCUT2D eigenvalue weighted by Gasteiger charge is -2.36. The fourth-order valence-corrected chi connectivity index (χ4v) is 11.7. The van der Waals surface area contributed by atoms with Gasteiger partial charge >= 0.3 is 0 Å². The van der Waals surface area contributed by atoms with E-state index in [0.29, 0.717) is 0 Å². The molecule has 9 aromatic rings. The number of anilines is 3. The highest BCUT2D eigenvalue weighted by Gasteiger charge is 2.51. The van der Waals surface area contributed by atoms with Gasteiger partial charge in [0.25, 0.3) is 0 Å². The topological polar surface area (TPSA) is 3.24 Å². The SMILES string of the molecule is C1=Cc2ccccc2C2(c3ccccc31)c1ccccc1-c1c(N(c3ccccc3)c3cccc4c3-c3ccccc3C43c4ccccc4C=Cc4ccccc43)cccc12. The van der Waals surface area contributed by atoms with Crippen LogP contribution in [0.3, 0.4) is 0 Å². The molecule has 0 bridgehead atoms. The molecule has 0 heterocycles. The molecule has 284 valence electrons. The third-order valence-electron chi connectivity index (χ3n) is 13.9. The number of benzene rings is 9. The van der Waals surface area contributed by atoms with E-state index < -0.39 is 10.8 Å². The van der Waals surface area contributed by atoms with Gasteiger partial charge in [-0.15, -0.1) is 0 Å². The average Bonchev–Trinajstić information content (AvgIpc) is 3.67. The fourth-order valence-electron chi connectivity index (χ4n) is 11.7. The number of para-hydroxylation sites is 1. The van der Waals surface area contributed by atoms with Gasteiger partial charge in [-0.25, -0.2) is 0 Å². The van der Waals surface area contributed by atoms with Gasteiger partial charge < -0.3 is 4.90 Å². The summed E-state index contributed by atoms with van der Waals surface area (Å²) >= 11 is 0. The first-order valence-corrected chi connectivity index (χ1v) is 21.4. The fraction of sp³-hybridized carbons (Fsp3) is 0.0333. The molecular formula is C60H39N. The molecule has 4 aliphatic carbocycles. The van der Waals surface area contributed by atoms with E-state index in [2.05, 4.69) is 242 Å². The summed E-state index contributed by atoms with van der Waals surface area (Å²) in [6.07, 6.45) is 9.24. The summed E-state index contributed by atoms with van der Waals surface area (Å²) in [7, 11) is 0. The Morgan fingerprint density at radius 2 is 0.557 bits per heavy atom. The highest BCUT2D eigenvalue weighted by atomic mass is 15.1. The van der Waals surface area contributed by atoms with Crippen molar-refractivity contribution in [3.63, 3.8) is 0 Å². The summed E-state index contributed by atoms with van der Waals surface area (Å²) < 4.78 is 0. The lowest BCUT2D eigenvalue weighted by molar-refractivity contribution is 0.766. The number of nitrogens with zero attached hydrogens (tertiary/aromatic N) is 1. The van der Waals surface area contributed by atoms with Crippen LogP contribution in [0.2, 0.25) is 0 Å². The summed E-state index contributed by atoms with van der Waals surface area (Å²) in [5.41, 5.74) is 22.9. The molecule has 0 saturated heterocycles. The standard InChI is InChI=1S/C60H39N/c1-2-22-44(23-3-1)61(55-34-16-32-53-57(55)45-24-8-14-30-51(45)59(53)47-26-10-4-18-40(47)36-37-41-19-5-11-27-48(41)59)56-35-17-33-54-58(56)46-25-9-15-31-52(46)60(54)49-28-12-6-20-42(49)38-39-43-21-7-13-29-50(43)60/h1-39H. The van der Waals surface area contributed by atoms with Crippen molar-refractivity contribution in [3.05, 3.63) is 279 Å². The molecule has 0 aromatic heterocycles. The van der Waals surface area contributed by atoms with Crippen molar-refractivity contribution in [3.8, 4) is 22.3 Å². The Bertz CT molecular complexity index is 3020. The largest absolute Gasteiger partial charge is 0.309 e. The van der Waals surface area contributed by atoms with E-state index in [1.54, 1.807) is 0 Å². The van der Waals surface area contributed by atoms with Gasteiger partial charge in [-0.2, -0.15) is 0 Å². The average molecular weight is 774 g/mol. The summed E-state index contributed by atoms with van der Waals surface area (Å²) in [6.45, 7) is 0. The second kappa shape index (κ2) is 12.9. The maximum atomic E-state index is 2.56. The van der Waals surface area contributed by atoms with Crippen molar-refractivity contribution < 1.29 is 0 Å². The van der Waals surface area contributed by atoms with Crippen LogP contribution in [0.1, 0.15) is 66.8 Å². The zero-order chi connectivity index (χ0) is 40.1. The van der Waals surface area contributed by atoms with E-state index >= 15 is 0 Å². The van der Waals surface area contributed by atoms with Gasteiger partial charge in [0.15, 0.2) is 0 Å². The van der Waals surface area contributed by atoms with Crippen molar-refractivity contribution in [2.45, 2.75) is 10.8 Å². The van der Waals surface area contributed by atoms with Crippen molar-refractivity contribution >= 4 is 41.4 Å². The normalized spacial score (nSPS) is 14.7. The van der Waals surface area contributed by atoms with Gasteiger partial charge in [0.05, 0.1) is 22.2 Å². The summed E-state index contributed by atoms with van der Waals surface area (Å²) in [5.74, 6) is 0. The van der Waals surface area contributed by atoms with Crippen LogP contribution in [0.4, 0.5) is 17.1 Å². The molecule has 9 aromatic carbocycles. The van der Waals surface area contributed by atoms with Crippen LogP contribution in [0, 0.1) is 0 Å². The number of fused-ring (bicyclic) bond motifs is 18. The van der Waals surface area contributed by atoms with E-state index in [9.17, 15) is 0 Å². The molecule has 0 N–H and O–H groups in total. The van der Waals surface area contributed by atoms with Crippen LogP contribution in [-0.2, 0) is 10.8 Å². The predicted molar refractivity (Wildman–Crippen MR) is 254 cm³/mol. The van der Waals surface area contributed by atoms with Gasteiger partial charge in [-0.05, 0) is 102 Å². The zero-order valence-electron chi connectivity index (χ0n) is 33.5. The monoisotopic (exact) mass is 773 g/mol. The third-order valence-corrected chi connectivity index (χ3v) is 13.9. The lowest BCUT2D eigenvalue weighted by atomic mass is 9.66. The van der Waals surface area contributed by atoms with Crippen molar-refractivity contribution in [2.75, 3.05) is 4.90 Å². The van der Waals surface area contributed by atoms with E-state index in [0.717, 1.165) is 17.1 Å². The van der Waals surface area contributed by atoms with Gasteiger partial charge in [0, 0.05) is 16.8 Å². The number of hydrogen-bond donors (Lipinski definition) is 0. The van der Waals surface area contributed by atoms with Crippen molar-refractivity contribution in [1.82, 2.24) is 0 Å². The van der Waals surface area contributed by atoms with Crippen LogP contribution in [-0.4, -0.2) is 0 Å². The maximum absolute atomic E-state index is 2.56. The Labute approximate surface area is 356 Å². The van der Waals surface area contributed by atoms with Gasteiger partial charge in [-0.1, -0.05) is 212 Å². The van der Waals surface area contributed by atoms with E-state index in [1.807, 2.05) is 0 Å². The first kappa shape index (κ1) is 34.2. The van der Waals surface area contributed by atoms with Crippen LogP contribution >= 0.6 is 0 Å². The van der Waals surface area contributed by atoms with E-state index in [1.165, 1.54) is 89.0 Å². The second-order valence-corrected chi connectivity index (χ2v) is 16.7. The Morgan fingerprint density at radius 1 is 0.246 bits per heavy atom. The number of hydrogen-bond acceptors (Lipinski definition) is 1. The number of rotatable bonds is 3. The minimum Gasteiger partial charge on any atom is -0.309 e.